The number of hydrazine groups is 1. The lowest BCUT2D eigenvalue weighted by atomic mass is 10.1. The number of rotatable bonds is 4. The molecule has 1 aromatic carbocycles. The SMILES string of the molecule is O=C1CCN(N2Cc3cc(CN4CCN(c5ncnc6sc7c(c56)CCC7)CC4)ccc3C2=O)C(=O)N1. The van der Waals surface area contributed by atoms with Gasteiger partial charge in [-0.15, -0.1) is 11.3 Å². The van der Waals surface area contributed by atoms with E-state index in [4.69, 9.17) is 4.98 Å². The number of hydrogen-bond donors (Lipinski definition) is 1. The first-order valence-electron chi connectivity index (χ1n) is 12.8. The molecule has 37 heavy (non-hydrogen) atoms. The predicted octanol–water partition coefficient (Wildman–Crippen LogP) is 2.31. The minimum Gasteiger partial charge on any atom is -0.353 e. The summed E-state index contributed by atoms with van der Waals surface area (Å²) in [7, 11) is 0. The predicted molar refractivity (Wildman–Crippen MR) is 138 cm³/mol. The van der Waals surface area contributed by atoms with E-state index in [1.54, 1.807) is 6.33 Å². The van der Waals surface area contributed by atoms with Crippen LogP contribution in [0.1, 0.15) is 44.8 Å². The van der Waals surface area contributed by atoms with Gasteiger partial charge >= 0.3 is 6.03 Å². The number of carbonyl (C=O) groups is 3. The maximum Gasteiger partial charge on any atom is 0.342 e. The molecule has 0 radical (unpaired) electrons. The highest BCUT2D eigenvalue weighted by Gasteiger charge is 2.37. The highest BCUT2D eigenvalue weighted by Crippen LogP contribution is 2.40. The maximum absolute atomic E-state index is 12.9. The van der Waals surface area contributed by atoms with Crippen molar-refractivity contribution in [1.29, 1.82) is 0 Å². The minimum absolute atomic E-state index is 0.193. The molecule has 2 aromatic heterocycles. The molecule has 1 aliphatic carbocycles. The number of carbonyl (C=O) groups excluding carboxylic acids is 3. The number of anilines is 1. The van der Waals surface area contributed by atoms with Gasteiger partial charge in [0.2, 0.25) is 5.91 Å². The number of aromatic nitrogens is 2. The molecule has 2 saturated heterocycles. The second-order valence-corrected chi connectivity index (χ2v) is 11.2. The van der Waals surface area contributed by atoms with Gasteiger partial charge in [0.15, 0.2) is 0 Å². The van der Waals surface area contributed by atoms with Crippen molar-refractivity contribution in [3.63, 3.8) is 0 Å². The Balaban J connectivity index is 1.02. The van der Waals surface area contributed by atoms with E-state index in [0.717, 1.165) is 60.9 Å². The Morgan fingerprint density at radius 1 is 0.946 bits per heavy atom. The number of thiophene rings is 1. The molecule has 11 heteroatoms. The van der Waals surface area contributed by atoms with Gasteiger partial charge in [-0.3, -0.25) is 19.8 Å². The summed E-state index contributed by atoms with van der Waals surface area (Å²) in [6.45, 7) is 5.05. The molecular weight excluding hydrogens is 490 g/mol. The Bertz CT molecular complexity index is 1450. The first-order chi connectivity index (χ1) is 18.0. The highest BCUT2D eigenvalue weighted by atomic mass is 32.1. The lowest BCUT2D eigenvalue weighted by molar-refractivity contribution is -0.123. The molecule has 0 unspecified atom stereocenters. The van der Waals surface area contributed by atoms with Crippen LogP contribution in [0.4, 0.5) is 10.6 Å². The Morgan fingerprint density at radius 3 is 2.65 bits per heavy atom. The summed E-state index contributed by atoms with van der Waals surface area (Å²) in [4.78, 5) is 53.4. The van der Waals surface area contributed by atoms with Crippen molar-refractivity contribution >= 4 is 45.2 Å². The Kier molecular flexibility index (Phi) is 5.36. The van der Waals surface area contributed by atoms with Crippen molar-refractivity contribution in [2.24, 2.45) is 0 Å². The maximum atomic E-state index is 12.9. The number of imide groups is 1. The monoisotopic (exact) mass is 517 g/mol. The molecule has 190 valence electrons. The summed E-state index contributed by atoms with van der Waals surface area (Å²) in [5.41, 5.74) is 4.16. The van der Waals surface area contributed by atoms with E-state index in [9.17, 15) is 14.4 Å². The fourth-order valence-corrected chi connectivity index (χ4v) is 7.19. The molecular formula is C26H27N7O3S. The van der Waals surface area contributed by atoms with E-state index in [-0.39, 0.29) is 24.8 Å². The number of nitrogens with zero attached hydrogens (tertiary/aromatic N) is 6. The van der Waals surface area contributed by atoms with Crippen molar-refractivity contribution in [3.8, 4) is 0 Å². The average Bonchev–Trinajstić information content (AvgIpc) is 3.58. The number of nitrogens with one attached hydrogen (secondary N) is 1. The smallest absolute Gasteiger partial charge is 0.342 e. The Hall–Kier alpha value is -3.57. The van der Waals surface area contributed by atoms with E-state index in [1.807, 2.05) is 23.5 Å². The van der Waals surface area contributed by atoms with Gasteiger partial charge in [0.1, 0.15) is 17.0 Å². The van der Waals surface area contributed by atoms with Gasteiger partial charge in [0.25, 0.3) is 5.91 Å². The zero-order chi connectivity index (χ0) is 25.1. The summed E-state index contributed by atoms with van der Waals surface area (Å²) in [6, 6.07) is 5.42. The molecule has 0 saturated carbocycles. The lowest BCUT2D eigenvalue weighted by Gasteiger charge is -2.35. The summed E-state index contributed by atoms with van der Waals surface area (Å²) >= 11 is 1.83. The van der Waals surface area contributed by atoms with Crippen molar-refractivity contribution in [3.05, 3.63) is 51.7 Å². The molecule has 4 aliphatic rings. The summed E-state index contributed by atoms with van der Waals surface area (Å²) in [5.74, 6) is 0.579. The van der Waals surface area contributed by atoms with Gasteiger partial charge in [0, 0.05) is 49.6 Å². The number of aryl methyl sites for hydroxylation is 2. The van der Waals surface area contributed by atoms with Crippen LogP contribution in [0.3, 0.4) is 0 Å². The number of hydrogen-bond acceptors (Lipinski definition) is 8. The third kappa shape index (κ3) is 3.84. The van der Waals surface area contributed by atoms with Crippen LogP contribution in [0.25, 0.3) is 10.2 Å². The third-order valence-electron chi connectivity index (χ3n) is 7.84. The molecule has 0 atom stereocenters. The van der Waals surface area contributed by atoms with Crippen LogP contribution >= 0.6 is 11.3 Å². The lowest BCUT2D eigenvalue weighted by Crippen LogP contribution is -2.56. The van der Waals surface area contributed by atoms with E-state index >= 15 is 0 Å². The largest absolute Gasteiger partial charge is 0.353 e. The second kappa shape index (κ2) is 8.77. The van der Waals surface area contributed by atoms with Crippen LogP contribution in [0.2, 0.25) is 0 Å². The Morgan fingerprint density at radius 2 is 1.81 bits per heavy atom. The molecule has 0 spiro atoms. The molecule has 7 rings (SSSR count). The minimum atomic E-state index is -0.538. The van der Waals surface area contributed by atoms with Crippen molar-refractivity contribution in [2.75, 3.05) is 37.6 Å². The summed E-state index contributed by atoms with van der Waals surface area (Å²) in [5, 5.41) is 6.35. The van der Waals surface area contributed by atoms with Crippen LogP contribution in [0, 0.1) is 0 Å². The van der Waals surface area contributed by atoms with Gasteiger partial charge in [-0.1, -0.05) is 12.1 Å². The molecule has 1 N–H and O–H groups in total. The molecule has 0 bridgehead atoms. The van der Waals surface area contributed by atoms with Gasteiger partial charge in [-0.2, -0.15) is 0 Å². The Labute approximate surface area is 217 Å². The molecule has 3 aromatic rings. The van der Waals surface area contributed by atoms with Gasteiger partial charge in [-0.25, -0.2) is 24.8 Å². The van der Waals surface area contributed by atoms with E-state index in [0.29, 0.717) is 12.1 Å². The molecule has 10 nitrogen and oxygen atoms in total. The standard InChI is InChI=1S/C26H27N7O3S/c34-21-6-7-32(26(36)29-21)33-14-17-12-16(4-5-18(17)25(33)35)13-30-8-10-31(11-9-30)23-22-19-2-1-3-20(19)37-24(22)28-15-27-23/h4-5,12,15H,1-3,6-11,13-14H2,(H,29,34,36). The number of benzene rings is 1. The van der Waals surface area contributed by atoms with E-state index in [1.165, 1.54) is 38.7 Å². The van der Waals surface area contributed by atoms with E-state index < -0.39 is 6.03 Å². The first-order valence-corrected chi connectivity index (χ1v) is 13.6. The van der Waals surface area contributed by atoms with Gasteiger partial charge < -0.3 is 4.90 Å². The number of urea groups is 1. The molecule has 3 aliphatic heterocycles. The van der Waals surface area contributed by atoms with Crippen molar-refractivity contribution in [2.45, 2.75) is 38.8 Å². The molecule has 4 amide bonds. The third-order valence-corrected chi connectivity index (χ3v) is 9.04. The summed E-state index contributed by atoms with van der Waals surface area (Å²) in [6.07, 6.45) is 5.43. The quantitative estimate of drug-likeness (QED) is 0.567. The number of amides is 4. The second-order valence-electron chi connectivity index (χ2n) is 10.1. The van der Waals surface area contributed by atoms with Gasteiger partial charge in [0.05, 0.1) is 18.5 Å². The zero-order valence-electron chi connectivity index (χ0n) is 20.4. The topological polar surface area (TPSA) is 102 Å². The average molecular weight is 518 g/mol. The normalized spacial score (nSPS) is 20.1. The van der Waals surface area contributed by atoms with E-state index in [2.05, 4.69) is 26.2 Å². The number of fused-ring (bicyclic) bond motifs is 4. The fraction of sp³-hybridized carbons (Fsp3) is 0.423. The highest BCUT2D eigenvalue weighted by molar-refractivity contribution is 7.19. The zero-order valence-corrected chi connectivity index (χ0v) is 21.2. The fourth-order valence-electron chi connectivity index (χ4n) is 5.97. The van der Waals surface area contributed by atoms with Crippen molar-refractivity contribution in [1.82, 2.24) is 30.2 Å². The van der Waals surface area contributed by atoms with Gasteiger partial charge in [-0.05, 0) is 42.0 Å². The van der Waals surface area contributed by atoms with Crippen LogP contribution in [-0.2, 0) is 30.7 Å². The first kappa shape index (κ1) is 22.6. The molecule has 2 fully saturated rings. The van der Waals surface area contributed by atoms with Crippen LogP contribution in [0.15, 0.2) is 24.5 Å². The molecule has 5 heterocycles. The van der Waals surface area contributed by atoms with Crippen LogP contribution in [0.5, 0.6) is 0 Å². The van der Waals surface area contributed by atoms with Crippen LogP contribution < -0.4 is 10.2 Å². The number of piperazine rings is 1. The van der Waals surface area contributed by atoms with Crippen molar-refractivity contribution < 1.29 is 14.4 Å². The summed E-state index contributed by atoms with van der Waals surface area (Å²) < 4.78 is 0. The van der Waals surface area contributed by atoms with Crippen LogP contribution in [-0.4, -0.2) is 75.5 Å².